The summed E-state index contributed by atoms with van der Waals surface area (Å²) in [5, 5.41) is 10.6. The van der Waals surface area contributed by atoms with Gasteiger partial charge < -0.3 is 19.5 Å². The molecule has 10 nitrogen and oxygen atoms in total. The Labute approximate surface area is 265 Å². The highest BCUT2D eigenvalue weighted by Crippen LogP contribution is 2.43. The van der Waals surface area contributed by atoms with Gasteiger partial charge in [-0.05, 0) is 74.1 Å². The van der Waals surface area contributed by atoms with Crippen LogP contribution in [0.4, 0.5) is 10.1 Å². The van der Waals surface area contributed by atoms with Crippen LogP contribution in [0.2, 0.25) is 0 Å². The summed E-state index contributed by atoms with van der Waals surface area (Å²) in [6, 6.07) is 9.43. The molecule has 3 aliphatic rings. The number of carbonyl (C=O) groups excluding carboxylic acids is 1. The predicted molar refractivity (Wildman–Crippen MR) is 169 cm³/mol. The van der Waals surface area contributed by atoms with E-state index in [1.807, 2.05) is 17.0 Å². The fourth-order valence-electron chi connectivity index (χ4n) is 7.21. The van der Waals surface area contributed by atoms with Crippen LogP contribution in [-0.4, -0.2) is 85.4 Å². The predicted octanol–water partition coefficient (Wildman–Crippen LogP) is 4.76. The first-order chi connectivity index (χ1) is 21.5. The van der Waals surface area contributed by atoms with Gasteiger partial charge in [0.1, 0.15) is 5.82 Å². The Morgan fingerprint density at radius 3 is 2.47 bits per heavy atom. The highest BCUT2D eigenvalue weighted by Gasteiger charge is 2.48. The van der Waals surface area contributed by atoms with E-state index < -0.39 is 33.9 Å². The van der Waals surface area contributed by atoms with Crippen molar-refractivity contribution in [3.05, 3.63) is 53.3 Å². The summed E-state index contributed by atoms with van der Waals surface area (Å²) in [4.78, 5) is 31.0. The lowest BCUT2D eigenvalue weighted by atomic mass is 9.84. The molecular formula is C33H44FN3O7S. The molecule has 1 amide bonds. The number of aliphatic carboxylic acids is 1. The maximum atomic E-state index is 14.4. The molecule has 3 atom stereocenters. The van der Waals surface area contributed by atoms with Crippen LogP contribution >= 0.6 is 0 Å². The second-order valence-corrected chi connectivity index (χ2v) is 14.5. The van der Waals surface area contributed by atoms with Crippen molar-refractivity contribution in [2.45, 2.75) is 77.3 Å². The van der Waals surface area contributed by atoms with Crippen molar-refractivity contribution in [1.82, 2.24) is 9.21 Å². The van der Waals surface area contributed by atoms with E-state index in [2.05, 4.69) is 13.8 Å². The van der Waals surface area contributed by atoms with Gasteiger partial charge in [-0.2, -0.15) is 0 Å². The lowest BCUT2D eigenvalue weighted by Crippen LogP contribution is -2.48. The van der Waals surface area contributed by atoms with Gasteiger partial charge in [-0.25, -0.2) is 17.1 Å². The second kappa shape index (κ2) is 14.0. The molecule has 2 aromatic rings. The number of rotatable bonds is 13. The molecule has 2 aromatic carbocycles. The number of hydrogen-bond donors (Lipinski definition) is 1. The van der Waals surface area contributed by atoms with Crippen LogP contribution < -0.4 is 14.4 Å². The molecule has 3 aliphatic heterocycles. The van der Waals surface area contributed by atoms with E-state index >= 15 is 0 Å². The third kappa shape index (κ3) is 7.12. The Morgan fingerprint density at radius 2 is 1.82 bits per heavy atom. The van der Waals surface area contributed by atoms with Gasteiger partial charge in [0, 0.05) is 43.3 Å². The summed E-state index contributed by atoms with van der Waals surface area (Å²) in [6.45, 7) is 6.73. The average molecular weight is 646 g/mol. The quantitative estimate of drug-likeness (QED) is 0.332. The van der Waals surface area contributed by atoms with Crippen molar-refractivity contribution in [2.75, 3.05) is 43.6 Å². The molecule has 45 heavy (non-hydrogen) atoms. The summed E-state index contributed by atoms with van der Waals surface area (Å²) < 4.78 is 52.0. The van der Waals surface area contributed by atoms with Crippen LogP contribution in [0.15, 0.2) is 36.4 Å². The van der Waals surface area contributed by atoms with Crippen LogP contribution in [0.3, 0.4) is 0 Å². The standard InChI is InChI=1S/C33H44FN3O7S/c1-4-7-24(8-5-2)37(25-10-11-27(34)22(3)17-25)31(38)20-35-19-26(23-9-12-29-30(18-23)44-21-43-29)32(33(39)40)28(35)13-15-36-14-6-16-45(36,41)42/h9-12,17-18,24,26,28,32H,4-8,13-16,19-21H2,1-3H3,(H,39,40)/t26-,28+,32?/m1/s1. The second-order valence-electron chi connectivity index (χ2n) is 12.4. The molecule has 2 saturated heterocycles. The van der Waals surface area contributed by atoms with E-state index in [1.165, 1.54) is 10.4 Å². The van der Waals surface area contributed by atoms with E-state index in [4.69, 9.17) is 9.47 Å². The van der Waals surface area contributed by atoms with Crippen molar-refractivity contribution in [2.24, 2.45) is 5.92 Å². The molecular weight excluding hydrogens is 601 g/mol. The van der Waals surface area contributed by atoms with Crippen molar-refractivity contribution in [3.8, 4) is 11.5 Å². The minimum absolute atomic E-state index is 0.0530. The first-order valence-electron chi connectivity index (χ1n) is 16.0. The lowest BCUT2D eigenvalue weighted by molar-refractivity contribution is -0.143. The van der Waals surface area contributed by atoms with Gasteiger partial charge in [-0.1, -0.05) is 32.8 Å². The molecule has 0 bridgehead atoms. The molecule has 0 aliphatic carbocycles. The molecule has 1 N–H and O–H groups in total. The third-order valence-corrected chi connectivity index (χ3v) is 11.3. The molecule has 246 valence electrons. The number of aryl methyl sites for hydroxylation is 1. The Hall–Kier alpha value is -3.22. The number of anilines is 1. The topological polar surface area (TPSA) is 117 Å². The molecule has 0 spiro atoms. The van der Waals surface area contributed by atoms with E-state index in [0.717, 1.165) is 31.2 Å². The number of halogens is 1. The zero-order valence-electron chi connectivity index (χ0n) is 26.3. The highest BCUT2D eigenvalue weighted by molar-refractivity contribution is 7.89. The molecule has 3 heterocycles. The molecule has 0 aromatic heterocycles. The van der Waals surface area contributed by atoms with Crippen LogP contribution in [-0.2, 0) is 19.6 Å². The largest absolute Gasteiger partial charge is 0.481 e. The summed E-state index contributed by atoms with van der Waals surface area (Å²) >= 11 is 0. The van der Waals surface area contributed by atoms with Crippen molar-refractivity contribution in [3.63, 3.8) is 0 Å². The van der Waals surface area contributed by atoms with Crippen molar-refractivity contribution >= 4 is 27.6 Å². The number of nitrogens with zero attached hydrogens (tertiary/aromatic N) is 3. The van der Waals surface area contributed by atoms with Gasteiger partial charge in [0.2, 0.25) is 22.7 Å². The SMILES string of the molecule is CCCC(CCC)N(C(=O)CN1C[C@H](c2ccc3c(c2)OCO3)C(C(=O)O)[C@@H]1CCN1CCCS1(=O)=O)c1ccc(F)c(C)c1. The number of carboxylic acid groups (broad SMARTS) is 1. The summed E-state index contributed by atoms with van der Waals surface area (Å²) in [7, 11) is -3.38. The zero-order chi connectivity index (χ0) is 32.3. The van der Waals surface area contributed by atoms with Gasteiger partial charge in [0.25, 0.3) is 0 Å². The number of carboxylic acids is 1. The third-order valence-electron chi connectivity index (χ3n) is 9.37. The van der Waals surface area contributed by atoms with Gasteiger partial charge in [0.15, 0.2) is 11.5 Å². The number of benzene rings is 2. The summed E-state index contributed by atoms with van der Waals surface area (Å²) in [6.07, 6.45) is 4.07. The van der Waals surface area contributed by atoms with E-state index in [-0.39, 0.29) is 49.8 Å². The fourth-order valence-corrected chi connectivity index (χ4v) is 8.75. The number of sulfonamides is 1. The van der Waals surface area contributed by atoms with E-state index in [0.29, 0.717) is 42.3 Å². The first kappa shape index (κ1) is 33.2. The molecule has 0 radical (unpaired) electrons. The summed E-state index contributed by atoms with van der Waals surface area (Å²) in [5.74, 6) is -1.66. The fraction of sp³-hybridized carbons (Fsp3) is 0.576. The minimum Gasteiger partial charge on any atom is -0.481 e. The minimum atomic E-state index is -3.38. The lowest BCUT2D eigenvalue weighted by Gasteiger charge is -2.35. The monoisotopic (exact) mass is 645 g/mol. The van der Waals surface area contributed by atoms with E-state index in [1.54, 1.807) is 30.0 Å². The number of likely N-dealkylation sites (tertiary alicyclic amines) is 1. The van der Waals surface area contributed by atoms with Crippen molar-refractivity contribution < 1.29 is 37.0 Å². The number of carbonyl (C=O) groups is 2. The Kier molecular flexibility index (Phi) is 10.3. The summed E-state index contributed by atoms with van der Waals surface area (Å²) in [5.41, 5.74) is 1.82. The number of fused-ring (bicyclic) bond motifs is 1. The molecule has 2 fully saturated rings. The zero-order valence-corrected chi connectivity index (χ0v) is 27.1. The average Bonchev–Trinajstić information content (AvgIpc) is 3.70. The Balaban J connectivity index is 1.49. The molecule has 1 unspecified atom stereocenters. The van der Waals surface area contributed by atoms with Crippen LogP contribution in [0, 0.1) is 18.7 Å². The van der Waals surface area contributed by atoms with Crippen LogP contribution in [0.1, 0.15) is 69.4 Å². The highest BCUT2D eigenvalue weighted by atomic mass is 32.2. The molecule has 0 saturated carbocycles. The normalized spacial score (nSPS) is 22.7. The Bertz CT molecular complexity index is 1500. The van der Waals surface area contributed by atoms with Crippen molar-refractivity contribution in [1.29, 1.82) is 0 Å². The van der Waals surface area contributed by atoms with Gasteiger partial charge in [0.05, 0.1) is 18.2 Å². The van der Waals surface area contributed by atoms with Crippen LogP contribution in [0.5, 0.6) is 11.5 Å². The number of amides is 1. The number of ether oxygens (including phenoxy) is 2. The maximum Gasteiger partial charge on any atom is 0.308 e. The van der Waals surface area contributed by atoms with Gasteiger partial charge >= 0.3 is 5.97 Å². The molecule has 12 heteroatoms. The molecule has 5 rings (SSSR count). The first-order valence-corrected chi connectivity index (χ1v) is 17.6. The van der Waals surface area contributed by atoms with Gasteiger partial charge in [-0.15, -0.1) is 0 Å². The van der Waals surface area contributed by atoms with Gasteiger partial charge in [-0.3, -0.25) is 14.5 Å². The van der Waals surface area contributed by atoms with Crippen LogP contribution in [0.25, 0.3) is 0 Å². The maximum absolute atomic E-state index is 14.4. The Morgan fingerprint density at radius 1 is 1.09 bits per heavy atom. The van der Waals surface area contributed by atoms with E-state index in [9.17, 15) is 27.5 Å². The number of hydrogen-bond acceptors (Lipinski definition) is 7. The smallest absolute Gasteiger partial charge is 0.308 e.